The lowest BCUT2D eigenvalue weighted by molar-refractivity contribution is -0.135. The van der Waals surface area contributed by atoms with Gasteiger partial charge in [-0.1, -0.05) is 26.2 Å². The number of unbranched alkanes of at least 4 members (excludes halogenated alkanes) is 2. The second-order valence-corrected chi connectivity index (χ2v) is 4.30. The Bertz CT molecular complexity index is 182. The van der Waals surface area contributed by atoms with Crippen LogP contribution in [0, 0.1) is 5.41 Å². The standard InChI is InChI=1S/C11H22N2O/c1-2-3-4-8-13-10(14)11(9-12)6-5-7-11/h2-9,12H2,1H3,(H,13,14). The predicted octanol–water partition coefficient (Wildman–Crippen LogP) is 1.42. The average molecular weight is 198 g/mol. The molecule has 3 N–H and O–H groups in total. The Hall–Kier alpha value is -0.570. The van der Waals surface area contributed by atoms with Gasteiger partial charge in [0.15, 0.2) is 0 Å². The molecule has 0 heterocycles. The molecule has 0 aromatic heterocycles. The van der Waals surface area contributed by atoms with Gasteiger partial charge in [0.1, 0.15) is 0 Å². The van der Waals surface area contributed by atoms with Gasteiger partial charge in [0.2, 0.25) is 5.91 Å². The summed E-state index contributed by atoms with van der Waals surface area (Å²) in [5.41, 5.74) is 5.44. The number of nitrogens with two attached hydrogens (primary N) is 1. The molecule has 0 bridgehead atoms. The van der Waals surface area contributed by atoms with Crippen LogP contribution < -0.4 is 11.1 Å². The molecule has 1 rings (SSSR count). The van der Waals surface area contributed by atoms with Crippen LogP contribution in [0.5, 0.6) is 0 Å². The van der Waals surface area contributed by atoms with Gasteiger partial charge >= 0.3 is 0 Å². The van der Waals surface area contributed by atoms with Crippen LogP contribution >= 0.6 is 0 Å². The maximum atomic E-state index is 11.8. The van der Waals surface area contributed by atoms with Gasteiger partial charge in [0.25, 0.3) is 0 Å². The molecular formula is C11H22N2O. The highest BCUT2D eigenvalue weighted by Crippen LogP contribution is 2.39. The summed E-state index contributed by atoms with van der Waals surface area (Å²) >= 11 is 0. The Balaban J connectivity index is 2.20. The van der Waals surface area contributed by atoms with E-state index in [2.05, 4.69) is 12.2 Å². The predicted molar refractivity (Wildman–Crippen MR) is 57.9 cm³/mol. The summed E-state index contributed by atoms with van der Waals surface area (Å²) < 4.78 is 0. The van der Waals surface area contributed by atoms with Crippen LogP contribution in [0.25, 0.3) is 0 Å². The first kappa shape index (κ1) is 11.5. The number of rotatable bonds is 6. The summed E-state index contributed by atoms with van der Waals surface area (Å²) in [6.45, 7) is 3.48. The van der Waals surface area contributed by atoms with Crippen LogP contribution in [0.3, 0.4) is 0 Å². The van der Waals surface area contributed by atoms with Crippen molar-refractivity contribution in [3.05, 3.63) is 0 Å². The monoisotopic (exact) mass is 198 g/mol. The summed E-state index contributed by atoms with van der Waals surface area (Å²) in [6.07, 6.45) is 6.57. The molecule has 1 aliphatic carbocycles. The fraction of sp³-hybridized carbons (Fsp3) is 0.909. The topological polar surface area (TPSA) is 55.1 Å². The zero-order chi connectivity index (χ0) is 10.4. The van der Waals surface area contributed by atoms with Crippen LogP contribution in [-0.4, -0.2) is 19.0 Å². The zero-order valence-corrected chi connectivity index (χ0v) is 9.14. The van der Waals surface area contributed by atoms with E-state index in [4.69, 9.17) is 5.73 Å². The minimum Gasteiger partial charge on any atom is -0.356 e. The lowest BCUT2D eigenvalue weighted by atomic mass is 9.68. The third kappa shape index (κ3) is 2.47. The summed E-state index contributed by atoms with van der Waals surface area (Å²) in [5, 5.41) is 2.99. The lowest BCUT2D eigenvalue weighted by Crippen LogP contribution is -2.50. The van der Waals surface area contributed by atoms with Crippen LogP contribution in [0.2, 0.25) is 0 Å². The van der Waals surface area contributed by atoms with Crippen molar-refractivity contribution in [2.75, 3.05) is 13.1 Å². The van der Waals surface area contributed by atoms with E-state index in [-0.39, 0.29) is 11.3 Å². The molecular weight excluding hydrogens is 176 g/mol. The van der Waals surface area contributed by atoms with Crippen molar-refractivity contribution in [2.24, 2.45) is 11.1 Å². The fourth-order valence-corrected chi connectivity index (χ4v) is 1.89. The molecule has 82 valence electrons. The minimum absolute atomic E-state index is 0.183. The average Bonchev–Trinajstić information content (AvgIpc) is 2.12. The molecule has 1 amide bonds. The van der Waals surface area contributed by atoms with E-state index in [9.17, 15) is 4.79 Å². The van der Waals surface area contributed by atoms with Gasteiger partial charge in [-0.25, -0.2) is 0 Å². The first-order valence-corrected chi connectivity index (χ1v) is 5.73. The number of nitrogens with one attached hydrogen (secondary N) is 1. The lowest BCUT2D eigenvalue weighted by Gasteiger charge is -2.39. The number of hydrogen-bond donors (Lipinski definition) is 2. The normalized spacial score (nSPS) is 18.7. The highest BCUT2D eigenvalue weighted by atomic mass is 16.2. The summed E-state index contributed by atoms with van der Waals surface area (Å²) in [4.78, 5) is 11.8. The van der Waals surface area contributed by atoms with Gasteiger partial charge < -0.3 is 11.1 Å². The molecule has 0 aromatic rings. The summed E-state index contributed by atoms with van der Waals surface area (Å²) in [6, 6.07) is 0. The van der Waals surface area contributed by atoms with Gasteiger partial charge in [0.05, 0.1) is 5.41 Å². The first-order chi connectivity index (χ1) is 6.75. The Labute approximate surface area is 86.4 Å². The van der Waals surface area contributed by atoms with Crippen LogP contribution in [0.15, 0.2) is 0 Å². The van der Waals surface area contributed by atoms with E-state index in [1.165, 1.54) is 12.8 Å². The SMILES string of the molecule is CCCCCNC(=O)C1(CN)CCC1. The second kappa shape index (κ2) is 5.35. The van der Waals surface area contributed by atoms with E-state index in [0.717, 1.165) is 32.2 Å². The molecule has 14 heavy (non-hydrogen) atoms. The molecule has 0 saturated heterocycles. The quantitative estimate of drug-likeness (QED) is 0.634. The summed E-state index contributed by atoms with van der Waals surface area (Å²) in [5.74, 6) is 0.183. The third-order valence-electron chi connectivity index (χ3n) is 3.25. The van der Waals surface area contributed by atoms with Crippen molar-refractivity contribution in [1.29, 1.82) is 0 Å². The molecule has 0 radical (unpaired) electrons. The van der Waals surface area contributed by atoms with E-state index in [0.29, 0.717) is 6.54 Å². The van der Waals surface area contributed by atoms with Crippen molar-refractivity contribution < 1.29 is 4.79 Å². The smallest absolute Gasteiger partial charge is 0.227 e. The number of carbonyl (C=O) groups excluding carboxylic acids is 1. The first-order valence-electron chi connectivity index (χ1n) is 5.73. The zero-order valence-electron chi connectivity index (χ0n) is 9.14. The third-order valence-corrected chi connectivity index (χ3v) is 3.25. The van der Waals surface area contributed by atoms with Gasteiger partial charge in [-0.2, -0.15) is 0 Å². The van der Waals surface area contributed by atoms with E-state index in [1.54, 1.807) is 0 Å². The van der Waals surface area contributed by atoms with E-state index < -0.39 is 0 Å². The molecule has 1 aliphatic rings. The van der Waals surface area contributed by atoms with Crippen molar-refractivity contribution in [3.63, 3.8) is 0 Å². The largest absolute Gasteiger partial charge is 0.356 e. The van der Waals surface area contributed by atoms with Crippen molar-refractivity contribution >= 4 is 5.91 Å². The number of carbonyl (C=O) groups is 1. The van der Waals surface area contributed by atoms with Crippen LogP contribution in [0.1, 0.15) is 45.4 Å². The molecule has 0 unspecified atom stereocenters. The van der Waals surface area contributed by atoms with E-state index >= 15 is 0 Å². The molecule has 3 nitrogen and oxygen atoms in total. The van der Waals surface area contributed by atoms with Crippen molar-refractivity contribution in [2.45, 2.75) is 45.4 Å². The van der Waals surface area contributed by atoms with Crippen LogP contribution in [-0.2, 0) is 4.79 Å². The second-order valence-electron chi connectivity index (χ2n) is 4.30. The fourth-order valence-electron chi connectivity index (χ4n) is 1.89. The van der Waals surface area contributed by atoms with Crippen molar-refractivity contribution in [3.8, 4) is 0 Å². The van der Waals surface area contributed by atoms with Gasteiger partial charge in [0, 0.05) is 13.1 Å². The number of hydrogen-bond acceptors (Lipinski definition) is 2. The molecule has 0 aliphatic heterocycles. The number of amides is 1. The maximum Gasteiger partial charge on any atom is 0.227 e. The van der Waals surface area contributed by atoms with Gasteiger partial charge in [-0.05, 0) is 19.3 Å². The molecule has 1 fully saturated rings. The Morgan fingerprint density at radius 1 is 1.43 bits per heavy atom. The minimum atomic E-state index is -0.202. The maximum absolute atomic E-state index is 11.8. The van der Waals surface area contributed by atoms with Crippen LogP contribution in [0.4, 0.5) is 0 Å². The van der Waals surface area contributed by atoms with Gasteiger partial charge in [-0.3, -0.25) is 4.79 Å². The Morgan fingerprint density at radius 2 is 2.14 bits per heavy atom. The highest BCUT2D eigenvalue weighted by molar-refractivity contribution is 5.83. The Morgan fingerprint density at radius 3 is 2.57 bits per heavy atom. The van der Waals surface area contributed by atoms with E-state index in [1.807, 2.05) is 0 Å². The molecule has 1 saturated carbocycles. The Kier molecular flexibility index (Phi) is 4.39. The summed E-state index contributed by atoms with van der Waals surface area (Å²) in [7, 11) is 0. The molecule has 0 atom stereocenters. The highest BCUT2D eigenvalue weighted by Gasteiger charge is 2.42. The molecule has 3 heteroatoms. The molecule has 0 spiro atoms. The van der Waals surface area contributed by atoms with Gasteiger partial charge in [-0.15, -0.1) is 0 Å². The van der Waals surface area contributed by atoms with Crippen molar-refractivity contribution in [1.82, 2.24) is 5.32 Å². The molecule has 0 aromatic carbocycles.